The molecule has 1 aliphatic heterocycles. The van der Waals surface area contributed by atoms with Crippen molar-refractivity contribution in [3.05, 3.63) is 10.1 Å². The van der Waals surface area contributed by atoms with Crippen LogP contribution in [0, 0.1) is 10.1 Å². The highest BCUT2D eigenvalue weighted by Crippen LogP contribution is 2.13. The molecule has 0 atom stereocenters. The van der Waals surface area contributed by atoms with Crippen molar-refractivity contribution >= 4 is 16.9 Å². The smallest absolute Gasteiger partial charge is 0.233 e. The molecule has 6 nitrogen and oxygen atoms in total. The van der Waals surface area contributed by atoms with Gasteiger partial charge in [0.25, 0.3) is 5.17 Å². The fourth-order valence-corrected chi connectivity index (χ4v) is 0.794. The average Bonchev–Trinajstić information content (AvgIpc) is 2.15. The van der Waals surface area contributed by atoms with Crippen LogP contribution in [0.25, 0.3) is 0 Å². The first-order chi connectivity index (χ1) is 4.29. The molecule has 0 aromatic heterocycles. The zero-order chi connectivity index (χ0) is 6.69. The van der Waals surface area contributed by atoms with Crippen LogP contribution in [0.1, 0.15) is 0 Å². The first kappa shape index (κ1) is 6.14. The van der Waals surface area contributed by atoms with Gasteiger partial charge in [-0.1, -0.05) is 11.8 Å². The summed E-state index contributed by atoms with van der Waals surface area (Å²) in [6.07, 6.45) is 0. The Labute approximate surface area is 54.2 Å². The number of hydrogen-bond acceptors (Lipinski definition) is 4. The van der Waals surface area contributed by atoms with Gasteiger partial charge in [-0.2, -0.15) is 5.11 Å². The molecule has 1 heterocycles. The summed E-state index contributed by atoms with van der Waals surface area (Å²) in [6, 6.07) is 0. The Balaban J connectivity index is 2.61. The second kappa shape index (κ2) is 2.53. The summed E-state index contributed by atoms with van der Waals surface area (Å²) in [5.41, 5.74) is 0. The summed E-state index contributed by atoms with van der Waals surface area (Å²) < 4.78 is 0. The minimum absolute atomic E-state index is 0.125. The van der Waals surface area contributed by atoms with E-state index in [-0.39, 0.29) is 5.17 Å². The van der Waals surface area contributed by atoms with Crippen molar-refractivity contribution < 1.29 is 5.03 Å². The molecule has 0 spiro atoms. The Morgan fingerprint density at radius 1 is 1.89 bits per heavy atom. The molecule has 0 fully saturated rings. The molecule has 1 aliphatic rings. The molecule has 0 aliphatic carbocycles. The summed E-state index contributed by atoms with van der Waals surface area (Å²) >= 11 is 1.15. The summed E-state index contributed by atoms with van der Waals surface area (Å²) in [7, 11) is 0. The van der Waals surface area contributed by atoms with Gasteiger partial charge in [0.1, 0.15) is 5.88 Å². The van der Waals surface area contributed by atoms with Crippen LogP contribution in [0.4, 0.5) is 0 Å². The number of azo groups is 1. The van der Waals surface area contributed by atoms with E-state index >= 15 is 0 Å². The number of hydrogen-bond donors (Lipinski definition) is 0. The Hall–Kier alpha value is -0.980. The van der Waals surface area contributed by atoms with Crippen molar-refractivity contribution in [1.82, 2.24) is 0 Å². The first-order valence-corrected chi connectivity index (χ1v) is 3.01. The maximum Gasteiger partial charge on any atom is 0.282 e. The van der Waals surface area contributed by atoms with Gasteiger partial charge in [-0.05, 0) is 0 Å². The van der Waals surface area contributed by atoms with Crippen LogP contribution in [0.15, 0.2) is 15.3 Å². The van der Waals surface area contributed by atoms with E-state index in [0.717, 1.165) is 11.8 Å². The Bertz CT molecular complexity index is 187. The molecule has 48 valence electrons. The molecule has 0 bridgehead atoms. The standard InChI is InChI=1S/C2H2N4O2S/c7-6(8)5-2-4-3-1-9-2/h1H2. The molecule has 0 saturated carbocycles. The number of amidine groups is 1. The highest BCUT2D eigenvalue weighted by atomic mass is 32.2. The third kappa shape index (κ3) is 1.76. The topological polar surface area (TPSA) is 80.2 Å². The van der Waals surface area contributed by atoms with Crippen LogP contribution < -0.4 is 0 Å². The van der Waals surface area contributed by atoms with E-state index in [9.17, 15) is 10.1 Å². The lowest BCUT2D eigenvalue weighted by molar-refractivity contribution is -0.484. The van der Waals surface area contributed by atoms with Crippen molar-refractivity contribution in [3.63, 3.8) is 0 Å². The van der Waals surface area contributed by atoms with Crippen LogP contribution >= 0.6 is 11.8 Å². The van der Waals surface area contributed by atoms with Gasteiger partial charge >= 0.3 is 0 Å². The quantitative estimate of drug-likeness (QED) is 0.403. The Morgan fingerprint density at radius 3 is 3.11 bits per heavy atom. The van der Waals surface area contributed by atoms with E-state index in [1.54, 1.807) is 0 Å². The molecule has 0 aromatic rings. The summed E-state index contributed by atoms with van der Waals surface area (Å²) in [4.78, 5) is 9.66. The molecular formula is C2H2N4O2S. The minimum Gasteiger partial charge on any atom is -0.233 e. The van der Waals surface area contributed by atoms with Crippen molar-refractivity contribution in [2.45, 2.75) is 0 Å². The molecule has 9 heavy (non-hydrogen) atoms. The van der Waals surface area contributed by atoms with Crippen LogP contribution in [0.3, 0.4) is 0 Å². The molecule has 0 N–H and O–H groups in total. The predicted octanol–water partition coefficient (Wildman–Crippen LogP) is 0.691. The Morgan fingerprint density at radius 2 is 2.67 bits per heavy atom. The number of hydrazone groups is 1. The number of nitro groups is 1. The largest absolute Gasteiger partial charge is 0.282 e. The summed E-state index contributed by atoms with van der Waals surface area (Å²) in [5, 5.41) is 18.8. The molecule has 0 amide bonds. The minimum atomic E-state index is -0.785. The average molecular weight is 146 g/mol. The van der Waals surface area contributed by atoms with Gasteiger partial charge in [-0.25, -0.2) is 10.1 Å². The van der Waals surface area contributed by atoms with E-state index in [1.807, 2.05) is 0 Å². The van der Waals surface area contributed by atoms with E-state index in [1.165, 1.54) is 0 Å². The lowest BCUT2D eigenvalue weighted by atomic mass is 11.3. The van der Waals surface area contributed by atoms with E-state index in [4.69, 9.17) is 0 Å². The second-order valence-corrected chi connectivity index (χ2v) is 2.05. The van der Waals surface area contributed by atoms with Gasteiger partial charge in [0, 0.05) is 0 Å². The molecule has 7 heteroatoms. The highest BCUT2D eigenvalue weighted by Gasteiger charge is 2.08. The fraction of sp³-hybridized carbons (Fsp3) is 0.500. The first-order valence-electron chi connectivity index (χ1n) is 2.02. The van der Waals surface area contributed by atoms with Gasteiger partial charge in [-0.3, -0.25) is 0 Å². The summed E-state index contributed by atoms with van der Waals surface area (Å²) in [6.45, 7) is 0. The van der Waals surface area contributed by atoms with E-state index in [2.05, 4.69) is 15.3 Å². The molecule has 0 aromatic carbocycles. The van der Waals surface area contributed by atoms with Gasteiger partial charge in [0.05, 0.1) is 5.10 Å². The van der Waals surface area contributed by atoms with Gasteiger partial charge in [0.2, 0.25) is 0 Å². The Kier molecular flexibility index (Phi) is 1.73. The monoisotopic (exact) mass is 146 g/mol. The SMILES string of the molecule is O=[N+]([O-])N=C1N=NCS1. The van der Waals surface area contributed by atoms with Crippen molar-refractivity contribution in [2.75, 3.05) is 5.88 Å². The van der Waals surface area contributed by atoms with Crippen LogP contribution in [0.5, 0.6) is 0 Å². The molecule has 1 rings (SSSR count). The fourth-order valence-electron chi connectivity index (χ4n) is 0.324. The molecule has 0 unspecified atom stereocenters. The lowest BCUT2D eigenvalue weighted by Gasteiger charge is -1.77. The van der Waals surface area contributed by atoms with Crippen molar-refractivity contribution in [1.29, 1.82) is 0 Å². The summed E-state index contributed by atoms with van der Waals surface area (Å²) in [5.74, 6) is 0.437. The lowest BCUT2D eigenvalue weighted by Crippen LogP contribution is -1.90. The van der Waals surface area contributed by atoms with Crippen LogP contribution in [-0.4, -0.2) is 16.1 Å². The van der Waals surface area contributed by atoms with Gasteiger partial charge in [-0.15, -0.1) is 5.11 Å². The molecular weight excluding hydrogens is 144 g/mol. The van der Waals surface area contributed by atoms with E-state index < -0.39 is 5.03 Å². The number of nitrogens with zero attached hydrogens (tertiary/aromatic N) is 4. The predicted molar refractivity (Wildman–Crippen MR) is 31.7 cm³/mol. The third-order valence-electron chi connectivity index (χ3n) is 0.575. The molecule has 0 radical (unpaired) electrons. The van der Waals surface area contributed by atoms with Crippen LogP contribution in [-0.2, 0) is 0 Å². The third-order valence-corrected chi connectivity index (χ3v) is 1.24. The van der Waals surface area contributed by atoms with Gasteiger partial charge < -0.3 is 0 Å². The normalized spacial score (nSPS) is 21.1. The van der Waals surface area contributed by atoms with Crippen molar-refractivity contribution in [3.8, 4) is 0 Å². The van der Waals surface area contributed by atoms with Gasteiger partial charge in [0.15, 0.2) is 5.03 Å². The second-order valence-electron chi connectivity index (χ2n) is 1.14. The zero-order valence-corrected chi connectivity index (χ0v) is 5.04. The van der Waals surface area contributed by atoms with Crippen molar-refractivity contribution in [2.24, 2.45) is 15.3 Å². The maximum atomic E-state index is 9.66. The number of thioether (sulfide) groups is 1. The number of rotatable bonds is 1. The zero-order valence-electron chi connectivity index (χ0n) is 4.22. The highest BCUT2D eigenvalue weighted by molar-refractivity contribution is 8.14. The molecule has 0 saturated heterocycles. The van der Waals surface area contributed by atoms with Crippen LogP contribution in [0.2, 0.25) is 0 Å². The van der Waals surface area contributed by atoms with E-state index in [0.29, 0.717) is 5.88 Å². The maximum absolute atomic E-state index is 9.66.